The number of benzene rings is 2. The van der Waals surface area contributed by atoms with Crippen molar-refractivity contribution in [1.82, 2.24) is 4.90 Å². The number of carboxylic acids is 1. The fourth-order valence-electron chi connectivity index (χ4n) is 4.71. The molecule has 3 rings (SSSR count). The Balaban J connectivity index is 1.76. The van der Waals surface area contributed by atoms with E-state index in [1.165, 1.54) is 0 Å². The van der Waals surface area contributed by atoms with E-state index in [1.54, 1.807) is 36.4 Å². The average molecular weight is 596 g/mol. The summed E-state index contributed by atoms with van der Waals surface area (Å²) in [6.07, 6.45) is 3.61. The first-order chi connectivity index (χ1) is 18.3. The second-order valence-electron chi connectivity index (χ2n) is 10.8. The van der Waals surface area contributed by atoms with Crippen LogP contribution in [0.3, 0.4) is 0 Å². The smallest absolute Gasteiger partial charge is 0.322 e. The van der Waals surface area contributed by atoms with Crippen LogP contribution in [0.4, 0.5) is 10.5 Å². The Labute approximate surface area is 243 Å². The zero-order valence-corrected chi connectivity index (χ0v) is 24.5. The number of carbonyl (C=O) groups excluding carboxylic acids is 2. The highest BCUT2D eigenvalue weighted by Gasteiger charge is 2.33. The fraction of sp³-hybridized carbons (Fsp3) is 0.464. The number of aliphatic carboxylic acids is 1. The molecule has 0 spiro atoms. The van der Waals surface area contributed by atoms with E-state index in [4.69, 9.17) is 39.9 Å². The first kappa shape index (κ1) is 30.9. The van der Waals surface area contributed by atoms with Gasteiger partial charge in [0.1, 0.15) is 0 Å². The van der Waals surface area contributed by atoms with Crippen molar-refractivity contribution in [3.63, 3.8) is 0 Å². The lowest BCUT2D eigenvalue weighted by atomic mass is 9.71. The maximum atomic E-state index is 13.5. The molecule has 0 heterocycles. The van der Waals surface area contributed by atoms with Gasteiger partial charge in [-0.1, -0.05) is 67.7 Å². The summed E-state index contributed by atoms with van der Waals surface area (Å²) < 4.78 is 0. The van der Waals surface area contributed by atoms with E-state index in [2.05, 4.69) is 36.3 Å². The van der Waals surface area contributed by atoms with Crippen molar-refractivity contribution in [3.05, 3.63) is 62.6 Å². The largest absolute Gasteiger partial charge is 0.481 e. The Kier molecular flexibility index (Phi) is 10.8. The molecule has 0 atom stereocenters. The maximum Gasteiger partial charge on any atom is 0.322 e. The molecule has 1 saturated carbocycles. The van der Waals surface area contributed by atoms with E-state index >= 15 is 0 Å². The number of carbonyl (C=O) groups is 3. The van der Waals surface area contributed by atoms with Crippen molar-refractivity contribution < 1.29 is 19.5 Å². The predicted octanol–water partition coefficient (Wildman–Crippen LogP) is 8.35. The lowest BCUT2D eigenvalue weighted by molar-refractivity contribution is -0.136. The number of azo groups is 1. The molecular weight excluding hydrogens is 563 g/mol. The van der Waals surface area contributed by atoms with Crippen LogP contribution in [0, 0.1) is 11.3 Å². The van der Waals surface area contributed by atoms with Crippen LogP contribution >= 0.6 is 34.8 Å². The van der Waals surface area contributed by atoms with Gasteiger partial charge in [0.05, 0.1) is 28.0 Å². The molecule has 0 aliphatic heterocycles. The Morgan fingerprint density at radius 1 is 1.00 bits per heavy atom. The van der Waals surface area contributed by atoms with Gasteiger partial charge in [-0.05, 0) is 66.8 Å². The Morgan fingerprint density at radius 3 is 2.13 bits per heavy atom. The first-order valence-electron chi connectivity index (χ1n) is 12.8. The maximum absolute atomic E-state index is 13.5. The predicted molar refractivity (Wildman–Crippen MR) is 154 cm³/mol. The third-order valence-corrected chi connectivity index (χ3v) is 8.20. The highest BCUT2D eigenvalue weighted by Crippen LogP contribution is 2.39. The Morgan fingerprint density at radius 2 is 1.59 bits per heavy atom. The van der Waals surface area contributed by atoms with E-state index < -0.39 is 11.9 Å². The zero-order valence-electron chi connectivity index (χ0n) is 22.2. The Bertz CT molecular complexity index is 1200. The monoisotopic (exact) mass is 594 g/mol. The molecule has 8 nitrogen and oxygen atoms in total. The quantitative estimate of drug-likeness (QED) is 0.236. The van der Waals surface area contributed by atoms with Crippen molar-refractivity contribution >= 4 is 58.4 Å². The summed E-state index contributed by atoms with van der Waals surface area (Å²) in [5.74, 6) is -0.977. The molecule has 0 radical (unpaired) electrons. The van der Waals surface area contributed by atoms with Gasteiger partial charge in [-0.3, -0.25) is 9.59 Å². The molecule has 1 fully saturated rings. The highest BCUT2D eigenvalue weighted by molar-refractivity contribution is 6.48. The molecule has 0 aromatic heterocycles. The number of carboxylic acid groups (broad SMARTS) is 1. The molecule has 0 unspecified atom stereocenters. The lowest BCUT2D eigenvalue weighted by Gasteiger charge is -2.41. The molecule has 0 saturated heterocycles. The van der Waals surface area contributed by atoms with Gasteiger partial charge < -0.3 is 15.3 Å². The van der Waals surface area contributed by atoms with Crippen LogP contribution in [0.15, 0.2) is 46.6 Å². The number of amides is 3. The molecule has 2 aromatic carbocycles. The zero-order chi connectivity index (χ0) is 28.7. The fourth-order valence-corrected chi connectivity index (χ4v) is 5.31. The summed E-state index contributed by atoms with van der Waals surface area (Å²) >= 11 is 18.4. The normalized spacial score (nSPS) is 17.7. The van der Waals surface area contributed by atoms with Crippen LogP contribution < -0.4 is 5.32 Å². The third kappa shape index (κ3) is 8.92. The summed E-state index contributed by atoms with van der Waals surface area (Å²) in [6, 6.07) is 9.68. The van der Waals surface area contributed by atoms with Gasteiger partial charge in [-0.2, -0.15) is 5.11 Å². The van der Waals surface area contributed by atoms with Crippen LogP contribution in [-0.2, 0) is 11.3 Å². The minimum Gasteiger partial charge on any atom is -0.481 e. The molecule has 2 N–H and O–H groups in total. The van der Waals surface area contributed by atoms with Crippen molar-refractivity contribution in [1.29, 1.82) is 0 Å². The minimum absolute atomic E-state index is 0.0335. The lowest BCUT2D eigenvalue weighted by Crippen LogP contribution is -2.45. The number of hydrogen-bond donors (Lipinski definition) is 2. The van der Waals surface area contributed by atoms with E-state index in [0.29, 0.717) is 23.7 Å². The summed E-state index contributed by atoms with van der Waals surface area (Å²) in [5, 5.41) is 19.5. The number of nitrogens with one attached hydrogen (secondary N) is 1. The highest BCUT2D eigenvalue weighted by atomic mass is 35.5. The first-order valence-corrected chi connectivity index (χ1v) is 13.9. The van der Waals surface area contributed by atoms with E-state index in [1.807, 2.05) is 4.90 Å². The molecule has 3 amide bonds. The second-order valence-corrected chi connectivity index (χ2v) is 12.0. The van der Waals surface area contributed by atoms with Gasteiger partial charge in [0, 0.05) is 23.8 Å². The van der Waals surface area contributed by atoms with Gasteiger partial charge in [-0.15, -0.1) is 5.11 Å². The van der Waals surface area contributed by atoms with Crippen molar-refractivity contribution in [3.8, 4) is 0 Å². The van der Waals surface area contributed by atoms with Gasteiger partial charge in [0.2, 0.25) is 0 Å². The topological polar surface area (TPSA) is 111 Å². The average Bonchev–Trinajstić information content (AvgIpc) is 2.88. The molecule has 1 aliphatic rings. The number of halogens is 3. The summed E-state index contributed by atoms with van der Waals surface area (Å²) in [4.78, 5) is 38.2. The molecule has 0 bridgehead atoms. The number of urea groups is 1. The molecule has 11 heteroatoms. The molecule has 2 aromatic rings. The molecule has 210 valence electrons. The second kappa shape index (κ2) is 13.6. The number of nitrogens with zero attached hydrogens (tertiary/aromatic N) is 3. The SMILES string of the molecule is CC(C)(C)[C@H]1CC[C@H](N(Cc2ccc(C(=O)/N=N/CCC(=O)O)cc2)C(=O)Nc2cc(Cl)c(Cl)c(Cl)c2)CC1. The van der Waals surface area contributed by atoms with Crippen molar-refractivity contribution in [2.45, 2.75) is 65.5 Å². The van der Waals surface area contributed by atoms with E-state index in [9.17, 15) is 14.4 Å². The van der Waals surface area contributed by atoms with Crippen LogP contribution in [-0.4, -0.2) is 40.5 Å². The van der Waals surface area contributed by atoms with Crippen LogP contribution in [0.1, 0.15) is 68.8 Å². The van der Waals surface area contributed by atoms with Crippen LogP contribution in [0.25, 0.3) is 0 Å². The van der Waals surface area contributed by atoms with Crippen molar-refractivity contribution in [2.75, 3.05) is 11.9 Å². The summed E-state index contributed by atoms with van der Waals surface area (Å²) in [5.41, 5.74) is 1.82. The molecule has 39 heavy (non-hydrogen) atoms. The van der Waals surface area contributed by atoms with E-state index in [0.717, 1.165) is 31.2 Å². The minimum atomic E-state index is -1.01. The van der Waals surface area contributed by atoms with Crippen molar-refractivity contribution in [2.24, 2.45) is 21.6 Å². The van der Waals surface area contributed by atoms with Crippen LogP contribution in [0.5, 0.6) is 0 Å². The van der Waals surface area contributed by atoms with Gasteiger partial charge >= 0.3 is 12.0 Å². The van der Waals surface area contributed by atoms with Gasteiger partial charge in [-0.25, -0.2) is 4.79 Å². The van der Waals surface area contributed by atoms with E-state index in [-0.39, 0.29) is 45.5 Å². The molecule has 1 aliphatic carbocycles. The number of hydrogen-bond acceptors (Lipinski definition) is 4. The van der Waals surface area contributed by atoms with Gasteiger partial charge in [0.25, 0.3) is 5.91 Å². The molecular formula is C28H33Cl3N4O4. The number of rotatable bonds is 8. The third-order valence-electron chi connectivity index (χ3n) is 7.00. The summed E-state index contributed by atoms with van der Waals surface area (Å²) in [6.45, 7) is 7.03. The summed E-state index contributed by atoms with van der Waals surface area (Å²) in [7, 11) is 0. The van der Waals surface area contributed by atoms with Crippen LogP contribution in [0.2, 0.25) is 15.1 Å². The standard InChI is InChI=1S/C28H33Cl3N4O4/c1-28(2,3)19-8-10-21(11-9-19)35(27(39)33-20-14-22(29)25(31)23(30)15-20)16-17-4-6-18(7-5-17)26(38)34-32-13-12-24(36)37/h4-7,14-15,19,21H,8-13,16H2,1-3H3,(H,33,39)(H,36,37)/b34-32+/t19-,21-. The van der Waals surface area contributed by atoms with Gasteiger partial charge in [0.15, 0.2) is 0 Å². The number of anilines is 1. The Hall–Kier alpha value is -2.68.